The Morgan fingerprint density at radius 1 is 0.810 bits per heavy atom. The lowest BCUT2D eigenvalue weighted by Crippen LogP contribution is -2.28. The van der Waals surface area contributed by atoms with Crippen LogP contribution in [0, 0.1) is 17.6 Å². The molecule has 1 nitrogen and oxygen atoms in total. The van der Waals surface area contributed by atoms with Crippen molar-refractivity contribution in [3.05, 3.63) is 71.3 Å². The monoisotopic (exact) mass is 289 g/mol. The summed E-state index contributed by atoms with van der Waals surface area (Å²) in [5.41, 5.74) is 1.94. The molecule has 0 aromatic heterocycles. The van der Waals surface area contributed by atoms with Gasteiger partial charge in [-0.25, -0.2) is 8.78 Å². The van der Waals surface area contributed by atoms with E-state index in [4.69, 9.17) is 0 Å². The van der Waals surface area contributed by atoms with Crippen LogP contribution < -0.4 is 5.32 Å². The van der Waals surface area contributed by atoms with Crippen molar-refractivity contribution in [2.45, 2.75) is 32.9 Å². The normalized spacial score (nSPS) is 14.2. The maximum Gasteiger partial charge on any atom is 0.123 e. The number of benzene rings is 2. The topological polar surface area (TPSA) is 12.0 Å². The molecule has 3 heteroatoms. The fourth-order valence-corrected chi connectivity index (χ4v) is 2.49. The molecule has 0 bridgehead atoms. The van der Waals surface area contributed by atoms with Gasteiger partial charge in [0.25, 0.3) is 0 Å². The summed E-state index contributed by atoms with van der Waals surface area (Å²) in [6, 6.07) is 13.2. The number of hydrogen-bond donors (Lipinski definition) is 1. The van der Waals surface area contributed by atoms with Crippen molar-refractivity contribution < 1.29 is 8.78 Å². The Morgan fingerprint density at radius 2 is 1.48 bits per heavy atom. The molecular weight excluding hydrogens is 268 g/mol. The van der Waals surface area contributed by atoms with E-state index in [1.165, 1.54) is 18.2 Å². The first kappa shape index (κ1) is 15.6. The summed E-state index contributed by atoms with van der Waals surface area (Å²) in [5.74, 6) is -0.130. The Bertz CT molecular complexity index is 578. The molecule has 0 aliphatic carbocycles. The van der Waals surface area contributed by atoms with Crippen LogP contribution in [0.4, 0.5) is 8.78 Å². The maximum absolute atomic E-state index is 13.3. The van der Waals surface area contributed by atoms with E-state index in [1.807, 2.05) is 13.0 Å². The van der Waals surface area contributed by atoms with Crippen LogP contribution in [0.2, 0.25) is 0 Å². The van der Waals surface area contributed by atoms with Gasteiger partial charge in [0.15, 0.2) is 0 Å². The second-order valence-corrected chi connectivity index (χ2v) is 5.72. The van der Waals surface area contributed by atoms with Crippen LogP contribution >= 0.6 is 0 Å². The first-order valence-electron chi connectivity index (χ1n) is 7.24. The Balaban J connectivity index is 2.18. The first-order chi connectivity index (χ1) is 9.97. The fourth-order valence-electron chi connectivity index (χ4n) is 2.49. The van der Waals surface area contributed by atoms with Crippen molar-refractivity contribution in [3.63, 3.8) is 0 Å². The molecule has 0 heterocycles. The highest BCUT2D eigenvalue weighted by atomic mass is 19.1. The van der Waals surface area contributed by atoms with E-state index in [1.54, 1.807) is 24.3 Å². The summed E-state index contributed by atoms with van der Waals surface area (Å²) >= 11 is 0. The third-order valence-corrected chi connectivity index (χ3v) is 3.67. The lowest BCUT2D eigenvalue weighted by Gasteiger charge is -2.27. The molecule has 0 saturated heterocycles. The molecule has 0 aliphatic rings. The lowest BCUT2D eigenvalue weighted by atomic mass is 9.94. The summed E-state index contributed by atoms with van der Waals surface area (Å²) in [4.78, 5) is 0. The van der Waals surface area contributed by atoms with Gasteiger partial charge in [-0.15, -0.1) is 0 Å². The van der Waals surface area contributed by atoms with Crippen LogP contribution in [-0.4, -0.2) is 0 Å². The molecule has 0 amide bonds. The minimum atomic E-state index is -0.237. The largest absolute Gasteiger partial charge is 0.303 e. The zero-order chi connectivity index (χ0) is 15.4. The number of halogens is 2. The summed E-state index contributed by atoms with van der Waals surface area (Å²) in [6.07, 6.45) is 0. The SMILES string of the molecule is CC(NC(c1ccc(F)cc1)C(C)C)c1cccc(F)c1. The first-order valence-corrected chi connectivity index (χ1v) is 7.24. The molecule has 2 aromatic carbocycles. The van der Waals surface area contributed by atoms with Crippen molar-refractivity contribution in [3.8, 4) is 0 Å². The van der Waals surface area contributed by atoms with Crippen molar-refractivity contribution in [1.82, 2.24) is 5.32 Å². The van der Waals surface area contributed by atoms with Gasteiger partial charge < -0.3 is 5.32 Å². The van der Waals surface area contributed by atoms with Crippen molar-refractivity contribution in [2.75, 3.05) is 0 Å². The summed E-state index contributed by atoms with van der Waals surface area (Å²) in [6.45, 7) is 6.23. The van der Waals surface area contributed by atoms with E-state index in [-0.39, 0.29) is 23.7 Å². The van der Waals surface area contributed by atoms with E-state index in [9.17, 15) is 8.78 Å². The third kappa shape index (κ3) is 4.11. The molecule has 2 unspecified atom stereocenters. The number of hydrogen-bond acceptors (Lipinski definition) is 1. The molecule has 2 rings (SSSR count). The van der Waals surface area contributed by atoms with E-state index in [0.29, 0.717) is 5.92 Å². The van der Waals surface area contributed by atoms with Crippen LogP contribution in [0.15, 0.2) is 48.5 Å². The quantitative estimate of drug-likeness (QED) is 0.815. The highest BCUT2D eigenvalue weighted by Crippen LogP contribution is 2.26. The predicted molar refractivity (Wildman–Crippen MR) is 81.9 cm³/mol. The van der Waals surface area contributed by atoms with Gasteiger partial charge in [0.1, 0.15) is 11.6 Å². The van der Waals surface area contributed by atoms with Crippen LogP contribution in [0.25, 0.3) is 0 Å². The average Bonchev–Trinajstić information content (AvgIpc) is 2.45. The summed E-state index contributed by atoms with van der Waals surface area (Å²) < 4.78 is 26.4. The molecule has 1 N–H and O–H groups in total. The van der Waals surface area contributed by atoms with E-state index < -0.39 is 0 Å². The smallest absolute Gasteiger partial charge is 0.123 e. The average molecular weight is 289 g/mol. The zero-order valence-corrected chi connectivity index (χ0v) is 12.6. The van der Waals surface area contributed by atoms with Crippen molar-refractivity contribution in [1.29, 1.82) is 0 Å². The number of rotatable bonds is 5. The van der Waals surface area contributed by atoms with Crippen LogP contribution in [0.5, 0.6) is 0 Å². The van der Waals surface area contributed by atoms with Gasteiger partial charge >= 0.3 is 0 Å². The summed E-state index contributed by atoms with van der Waals surface area (Å²) in [5, 5.41) is 3.51. The molecular formula is C18H21F2N. The highest BCUT2D eigenvalue weighted by molar-refractivity contribution is 5.23. The Morgan fingerprint density at radius 3 is 2.05 bits per heavy atom. The molecule has 0 saturated carbocycles. The van der Waals surface area contributed by atoms with Gasteiger partial charge in [-0.1, -0.05) is 38.1 Å². The Labute approximate surface area is 125 Å². The van der Waals surface area contributed by atoms with Gasteiger partial charge in [0.05, 0.1) is 0 Å². The van der Waals surface area contributed by atoms with Crippen LogP contribution in [0.3, 0.4) is 0 Å². The molecule has 21 heavy (non-hydrogen) atoms. The van der Waals surface area contributed by atoms with Gasteiger partial charge in [0.2, 0.25) is 0 Å². The summed E-state index contributed by atoms with van der Waals surface area (Å²) in [7, 11) is 0. The maximum atomic E-state index is 13.3. The molecule has 2 atom stereocenters. The predicted octanol–water partition coefficient (Wildman–Crippen LogP) is 5.01. The Hall–Kier alpha value is -1.74. The van der Waals surface area contributed by atoms with Crippen molar-refractivity contribution in [2.24, 2.45) is 5.92 Å². The van der Waals surface area contributed by atoms with Gasteiger partial charge in [-0.05, 0) is 48.2 Å². The van der Waals surface area contributed by atoms with Gasteiger partial charge in [-0.2, -0.15) is 0 Å². The highest BCUT2D eigenvalue weighted by Gasteiger charge is 2.19. The Kier molecular flexibility index (Phi) is 5.07. The molecule has 0 fully saturated rings. The molecule has 0 radical (unpaired) electrons. The standard InChI is InChI=1S/C18H21F2N/c1-12(2)18(14-7-9-16(19)10-8-14)21-13(3)15-5-4-6-17(20)11-15/h4-13,18,21H,1-3H3. The molecule has 0 aliphatic heterocycles. The molecule has 112 valence electrons. The third-order valence-electron chi connectivity index (χ3n) is 3.67. The second-order valence-electron chi connectivity index (χ2n) is 5.72. The van der Waals surface area contributed by atoms with Crippen LogP contribution in [0.1, 0.15) is 44.0 Å². The van der Waals surface area contributed by atoms with Gasteiger partial charge in [-0.3, -0.25) is 0 Å². The minimum Gasteiger partial charge on any atom is -0.303 e. The van der Waals surface area contributed by atoms with E-state index in [2.05, 4.69) is 19.2 Å². The zero-order valence-electron chi connectivity index (χ0n) is 12.6. The number of nitrogens with one attached hydrogen (secondary N) is 1. The lowest BCUT2D eigenvalue weighted by molar-refractivity contribution is 0.373. The molecule has 2 aromatic rings. The van der Waals surface area contributed by atoms with E-state index >= 15 is 0 Å². The molecule has 0 spiro atoms. The van der Waals surface area contributed by atoms with Crippen LogP contribution in [-0.2, 0) is 0 Å². The van der Waals surface area contributed by atoms with Gasteiger partial charge in [0, 0.05) is 12.1 Å². The second kappa shape index (κ2) is 6.81. The van der Waals surface area contributed by atoms with E-state index in [0.717, 1.165) is 11.1 Å². The van der Waals surface area contributed by atoms with Crippen molar-refractivity contribution >= 4 is 0 Å². The minimum absolute atomic E-state index is 0.0122. The fraction of sp³-hybridized carbons (Fsp3) is 0.333.